The largest absolute Gasteiger partial charge is 0.466 e. The van der Waals surface area contributed by atoms with Gasteiger partial charge in [0.25, 0.3) is 0 Å². The second kappa shape index (κ2) is 48.0. The lowest BCUT2D eigenvalue weighted by molar-refractivity contribution is -0.143. The van der Waals surface area contributed by atoms with Crippen LogP contribution in [-0.4, -0.2) is 47.4 Å². The van der Waals surface area contributed by atoms with Crippen molar-refractivity contribution in [3.8, 4) is 0 Å². The quantitative estimate of drug-likeness (QED) is 0.0323. The molecule has 6 nitrogen and oxygen atoms in total. The van der Waals surface area contributed by atoms with Gasteiger partial charge >= 0.3 is 5.97 Å². The minimum absolute atomic E-state index is 0.0324. The first-order valence-corrected chi connectivity index (χ1v) is 25.6. The maximum atomic E-state index is 12.4. The van der Waals surface area contributed by atoms with Crippen molar-refractivity contribution in [2.75, 3.05) is 13.2 Å². The number of esters is 1. The number of amides is 1. The first-order valence-electron chi connectivity index (χ1n) is 25.6. The van der Waals surface area contributed by atoms with Crippen molar-refractivity contribution >= 4 is 11.9 Å². The number of hydrogen-bond donors (Lipinski definition) is 3. The minimum atomic E-state index is -0.862. The Labute approximate surface area is 361 Å². The highest BCUT2D eigenvalue weighted by Gasteiger charge is 2.18. The van der Waals surface area contributed by atoms with E-state index in [4.69, 9.17) is 4.74 Å². The highest BCUT2D eigenvalue weighted by Crippen LogP contribution is 2.16. The Morgan fingerprint density at radius 1 is 0.466 bits per heavy atom. The fourth-order valence-electron chi connectivity index (χ4n) is 7.74. The second-order valence-electron chi connectivity index (χ2n) is 17.5. The maximum Gasteiger partial charge on any atom is 0.305 e. The number of carbonyl (C=O) groups is 2. The summed E-state index contributed by atoms with van der Waals surface area (Å²) >= 11 is 0. The Bertz CT molecular complexity index is 904. The van der Waals surface area contributed by atoms with Crippen molar-refractivity contribution in [3.63, 3.8) is 0 Å². The lowest BCUT2D eigenvalue weighted by Gasteiger charge is -2.20. The lowest BCUT2D eigenvalue weighted by Crippen LogP contribution is -2.45. The van der Waals surface area contributed by atoms with E-state index in [0.29, 0.717) is 19.4 Å². The maximum absolute atomic E-state index is 12.4. The predicted molar refractivity (Wildman–Crippen MR) is 250 cm³/mol. The summed E-state index contributed by atoms with van der Waals surface area (Å²) in [7, 11) is 0. The van der Waals surface area contributed by atoms with E-state index in [9.17, 15) is 19.8 Å². The molecule has 0 saturated carbocycles. The summed E-state index contributed by atoms with van der Waals surface area (Å²) in [5.41, 5.74) is 0. The molecule has 0 aliphatic carbocycles. The molecule has 2 atom stereocenters. The standard InChI is InChI=1S/C52H99NO5/c1-3-5-7-9-11-13-15-17-18-19-20-21-22-24-28-32-36-40-44-50(55)49(48-54)53-51(56)45-41-37-33-29-25-23-27-31-35-39-43-47-58-52(57)46-42-38-34-30-26-16-14-12-10-8-6-4-2/h27,31,40,44,49-50,54-55H,3-26,28-30,32-39,41-43,45-48H2,1-2H3,(H,53,56)/b31-27-,44-40+. The van der Waals surface area contributed by atoms with Gasteiger partial charge in [0.15, 0.2) is 0 Å². The Hall–Kier alpha value is -1.66. The molecule has 0 saturated heterocycles. The van der Waals surface area contributed by atoms with Crippen LogP contribution in [0, 0.1) is 0 Å². The molecule has 0 radical (unpaired) electrons. The topological polar surface area (TPSA) is 95.9 Å². The van der Waals surface area contributed by atoms with E-state index in [1.54, 1.807) is 6.08 Å². The molecule has 2 unspecified atom stereocenters. The van der Waals surface area contributed by atoms with Crippen LogP contribution in [0.3, 0.4) is 0 Å². The van der Waals surface area contributed by atoms with E-state index in [1.807, 2.05) is 6.08 Å². The molecule has 0 spiro atoms. The van der Waals surface area contributed by atoms with Crippen molar-refractivity contribution in [1.82, 2.24) is 5.32 Å². The van der Waals surface area contributed by atoms with Crippen LogP contribution in [0.1, 0.15) is 271 Å². The van der Waals surface area contributed by atoms with Gasteiger partial charge in [-0.25, -0.2) is 0 Å². The van der Waals surface area contributed by atoms with Gasteiger partial charge in [-0.3, -0.25) is 9.59 Å². The molecule has 0 bridgehead atoms. The molecule has 3 N–H and O–H groups in total. The number of nitrogens with one attached hydrogen (secondary N) is 1. The number of rotatable bonds is 47. The smallest absolute Gasteiger partial charge is 0.305 e. The Kier molecular flexibility index (Phi) is 46.6. The monoisotopic (exact) mass is 818 g/mol. The van der Waals surface area contributed by atoms with Gasteiger partial charge in [0.1, 0.15) is 0 Å². The summed E-state index contributed by atoms with van der Waals surface area (Å²) in [6, 6.07) is -0.648. The van der Waals surface area contributed by atoms with Gasteiger partial charge in [-0.2, -0.15) is 0 Å². The molecule has 58 heavy (non-hydrogen) atoms. The highest BCUT2D eigenvalue weighted by atomic mass is 16.5. The number of unbranched alkanes of at least 4 members (excludes halogenated alkanes) is 34. The molecular weight excluding hydrogens is 719 g/mol. The molecule has 0 aromatic heterocycles. The van der Waals surface area contributed by atoms with Crippen molar-refractivity contribution in [3.05, 3.63) is 24.3 Å². The molecule has 342 valence electrons. The Morgan fingerprint density at radius 2 is 0.810 bits per heavy atom. The molecule has 0 aliphatic rings. The molecule has 0 aromatic carbocycles. The predicted octanol–water partition coefficient (Wildman–Crippen LogP) is 15.1. The highest BCUT2D eigenvalue weighted by molar-refractivity contribution is 5.76. The third-order valence-electron chi connectivity index (χ3n) is 11.7. The summed E-state index contributed by atoms with van der Waals surface area (Å²) in [6.07, 6.45) is 56.1. The minimum Gasteiger partial charge on any atom is -0.466 e. The van der Waals surface area contributed by atoms with Gasteiger partial charge in [-0.15, -0.1) is 0 Å². The van der Waals surface area contributed by atoms with Crippen molar-refractivity contribution < 1.29 is 24.5 Å². The van der Waals surface area contributed by atoms with Crippen LogP contribution >= 0.6 is 0 Å². The molecule has 0 aliphatic heterocycles. The number of aliphatic hydroxyl groups excluding tert-OH is 2. The summed E-state index contributed by atoms with van der Waals surface area (Å²) < 4.78 is 5.42. The fraction of sp³-hybridized carbons (Fsp3) is 0.885. The van der Waals surface area contributed by atoms with Gasteiger partial charge in [0, 0.05) is 12.8 Å². The molecule has 0 rings (SSSR count). The molecule has 0 fully saturated rings. The van der Waals surface area contributed by atoms with E-state index in [-0.39, 0.29) is 18.5 Å². The van der Waals surface area contributed by atoms with Gasteiger partial charge in [-0.1, -0.05) is 224 Å². The van der Waals surface area contributed by atoms with E-state index >= 15 is 0 Å². The zero-order chi connectivity index (χ0) is 42.3. The van der Waals surface area contributed by atoms with E-state index in [1.165, 1.54) is 161 Å². The summed E-state index contributed by atoms with van der Waals surface area (Å²) in [6.45, 7) is 4.83. The molecule has 1 amide bonds. The van der Waals surface area contributed by atoms with E-state index in [2.05, 4.69) is 31.3 Å². The van der Waals surface area contributed by atoms with E-state index < -0.39 is 12.1 Å². The average Bonchev–Trinajstić information content (AvgIpc) is 3.22. The van der Waals surface area contributed by atoms with Crippen LogP contribution in [0.15, 0.2) is 24.3 Å². The first kappa shape index (κ1) is 56.3. The van der Waals surface area contributed by atoms with Crippen LogP contribution in [0.5, 0.6) is 0 Å². The average molecular weight is 818 g/mol. The van der Waals surface area contributed by atoms with Crippen LogP contribution in [0.25, 0.3) is 0 Å². The fourth-order valence-corrected chi connectivity index (χ4v) is 7.74. The van der Waals surface area contributed by atoms with Crippen LogP contribution in [0.2, 0.25) is 0 Å². The molecule has 0 aromatic rings. The lowest BCUT2D eigenvalue weighted by atomic mass is 10.0. The third kappa shape index (κ3) is 43.9. The Morgan fingerprint density at radius 3 is 1.22 bits per heavy atom. The normalized spacial score (nSPS) is 12.8. The zero-order valence-corrected chi connectivity index (χ0v) is 38.8. The molecular formula is C52H99NO5. The summed E-state index contributed by atoms with van der Waals surface area (Å²) in [4.78, 5) is 24.4. The first-order chi connectivity index (χ1) is 28.5. The van der Waals surface area contributed by atoms with E-state index in [0.717, 1.165) is 83.5 Å². The number of carbonyl (C=O) groups excluding carboxylic acids is 2. The van der Waals surface area contributed by atoms with Crippen molar-refractivity contribution in [1.29, 1.82) is 0 Å². The molecule has 0 heterocycles. The van der Waals surface area contributed by atoms with Crippen molar-refractivity contribution in [2.24, 2.45) is 0 Å². The number of aliphatic hydroxyl groups is 2. The Balaban J connectivity index is 3.56. The summed E-state index contributed by atoms with van der Waals surface area (Å²) in [5, 5.41) is 23.1. The second-order valence-corrected chi connectivity index (χ2v) is 17.5. The van der Waals surface area contributed by atoms with Crippen molar-refractivity contribution in [2.45, 2.75) is 283 Å². The van der Waals surface area contributed by atoms with Crippen LogP contribution in [0.4, 0.5) is 0 Å². The number of hydrogen-bond acceptors (Lipinski definition) is 5. The third-order valence-corrected chi connectivity index (χ3v) is 11.7. The number of ether oxygens (including phenoxy) is 1. The summed E-state index contributed by atoms with van der Waals surface area (Å²) in [5.74, 6) is -0.128. The van der Waals surface area contributed by atoms with Crippen LogP contribution in [-0.2, 0) is 14.3 Å². The van der Waals surface area contributed by atoms with Gasteiger partial charge in [0.05, 0.1) is 25.4 Å². The van der Waals surface area contributed by atoms with Crippen LogP contribution < -0.4 is 5.32 Å². The zero-order valence-electron chi connectivity index (χ0n) is 38.8. The van der Waals surface area contributed by atoms with Gasteiger partial charge < -0.3 is 20.3 Å². The number of allylic oxidation sites excluding steroid dienone is 3. The van der Waals surface area contributed by atoms with Gasteiger partial charge in [0.2, 0.25) is 5.91 Å². The van der Waals surface area contributed by atoms with Gasteiger partial charge in [-0.05, 0) is 57.8 Å². The SMILES string of the molecule is CCCCCCCCCCCCCCCCCC/C=C/C(O)C(CO)NC(=O)CCCCCCC/C=C\CCCCOC(=O)CCCCCCCCCCCCCC. The molecule has 6 heteroatoms.